The molecule has 3 N–H and O–H groups in total. The van der Waals surface area contributed by atoms with Crippen LogP contribution in [0.3, 0.4) is 0 Å². The molecule has 404 valence electrons. The minimum atomic E-state index is -0.724. The summed E-state index contributed by atoms with van der Waals surface area (Å²) < 4.78 is 67.8. The van der Waals surface area contributed by atoms with Gasteiger partial charge in [0, 0.05) is 79.5 Å². The van der Waals surface area contributed by atoms with Crippen LogP contribution < -0.4 is 20.9 Å². The molecule has 4 aromatic carbocycles. The number of halogens is 5. The van der Waals surface area contributed by atoms with Gasteiger partial charge in [0.2, 0.25) is 0 Å². The summed E-state index contributed by atoms with van der Waals surface area (Å²) >= 11 is 6.21. The molecule has 14 nitrogen and oxygen atoms in total. The SMILES string of the molecule is Cc1c(-c2ccccn2)nc2cc(F)cc(F)c2c1Cl.Cc1c(-c2ccccn2)nc2cc(F)cc(F)c2c1Nc1cc(N2CCOCC2)cnc1-c1ccc(C#N)cc1.N#Cc1ccc(-c2ncc(N3CCOCC3)cc2N)cc1. The zero-order valence-electron chi connectivity index (χ0n) is 43.8. The van der Waals surface area contributed by atoms with Gasteiger partial charge in [-0.05, 0) is 80.1 Å². The maximum absolute atomic E-state index is 15.4. The molecule has 0 saturated carbocycles. The normalized spacial score (nSPS) is 13.1. The second-order valence-corrected chi connectivity index (χ2v) is 19.2. The molecule has 10 aromatic rings. The van der Waals surface area contributed by atoms with Gasteiger partial charge in [0.05, 0.1) is 152 Å². The highest BCUT2D eigenvalue weighted by molar-refractivity contribution is 6.36. The Hall–Kier alpha value is -9.59. The van der Waals surface area contributed by atoms with Crippen molar-refractivity contribution in [2.45, 2.75) is 13.8 Å². The fraction of sp³-hybridized carbons (Fsp3) is 0.161. The topological polar surface area (TPSA) is 188 Å². The van der Waals surface area contributed by atoms with Gasteiger partial charge >= 0.3 is 0 Å². The van der Waals surface area contributed by atoms with Gasteiger partial charge in [0.1, 0.15) is 23.3 Å². The van der Waals surface area contributed by atoms with Crippen molar-refractivity contribution in [1.82, 2.24) is 29.9 Å². The maximum atomic E-state index is 15.4. The number of ether oxygens (including phenoxy) is 2. The van der Waals surface area contributed by atoms with Gasteiger partial charge in [0.25, 0.3) is 0 Å². The summed E-state index contributed by atoms with van der Waals surface area (Å²) in [5, 5.41) is 22.1. The largest absolute Gasteiger partial charge is 0.397 e. The highest BCUT2D eigenvalue weighted by atomic mass is 35.5. The summed E-state index contributed by atoms with van der Waals surface area (Å²) in [7, 11) is 0. The van der Waals surface area contributed by atoms with Crippen molar-refractivity contribution in [3.63, 3.8) is 0 Å². The van der Waals surface area contributed by atoms with E-state index in [0.29, 0.717) is 94.1 Å². The molecule has 0 unspecified atom stereocenters. The standard InChI is InChI=1S/C31H24F2N6O.C16H16N4O.C15H9ClF2N2/c1-19-29(25-4-2-3-9-35-25)37-26-15-22(32)14-24(33)28(26)30(19)38-27-16-23(39-10-12-40-13-11-39)18-36-31(27)21-7-5-20(17-34)6-8-21;17-10-12-1-3-13(4-2-12)16-15(18)9-14(11-19-16)20-5-7-21-8-6-20;1-8-14(16)13-10(18)6-9(17)7-12(13)20-15(8)11-4-2-3-5-19-11/h2-9,14-16,18H,10-13H2,1H3,(H,37,38);1-4,9,11H,5-8,18H2;2-7H,1H3. The Morgan fingerprint density at radius 2 is 1.02 bits per heavy atom. The molecule has 2 saturated heterocycles. The number of fused-ring (bicyclic) bond motifs is 2. The molecule has 0 radical (unpaired) electrons. The zero-order chi connectivity index (χ0) is 56.6. The van der Waals surface area contributed by atoms with E-state index in [4.69, 9.17) is 37.1 Å². The number of nitrogens with zero attached hydrogens (tertiary/aromatic N) is 10. The molecule has 2 aliphatic rings. The third-order valence-corrected chi connectivity index (χ3v) is 14.1. The van der Waals surface area contributed by atoms with Crippen molar-refractivity contribution in [3.05, 3.63) is 197 Å². The first-order valence-electron chi connectivity index (χ1n) is 25.6. The van der Waals surface area contributed by atoms with E-state index in [9.17, 15) is 18.4 Å². The lowest BCUT2D eigenvalue weighted by molar-refractivity contribution is 0.122. The fourth-order valence-corrected chi connectivity index (χ4v) is 9.72. The van der Waals surface area contributed by atoms with Crippen LogP contribution in [-0.2, 0) is 9.47 Å². The number of rotatable bonds is 8. The van der Waals surface area contributed by atoms with E-state index >= 15 is 4.39 Å². The predicted molar refractivity (Wildman–Crippen MR) is 307 cm³/mol. The van der Waals surface area contributed by atoms with E-state index in [0.717, 1.165) is 72.7 Å². The number of benzene rings is 4. The maximum Gasteiger partial charge on any atom is 0.137 e. The van der Waals surface area contributed by atoms with Crippen molar-refractivity contribution in [2.24, 2.45) is 0 Å². The van der Waals surface area contributed by atoms with Crippen LogP contribution in [0, 0.1) is 59.8 Å². The first kappa shape index (κ1) is 54.8. The van der Waals surface area contributed by atoms with E-state index in [2.05, 4.69) is 52.2 Å². The Morgan fingerprint density at radius 1 is 0.556 bits per heavy atom. The lowest BCUT2D eigenvalue weighted by atomic mass is 10.0. The minimum absolute atomic E-state index is 0.130. The number of anilines is 5. The Bertz CT molecular complexity index is 4010. The zero-order valence-corrected chi connectivity index (χ0v) is 44.5. The molecule has 0 aliphatic carbocycles. The molecule has 8 heterocycles. The first-order chi connectivity index (χ1) is 39.4. The Labute approximate surface area is 468 Å². The summed E-state index contributed by atoms with van der Waals surface area (Å²) in [6.45, 7) is 9.41. The number of hydrogen-bond acceptors (Lipinski definition) is 14. The number of hydrogen-bond donors (Lipinski definition) is 2. The van der Waals surface area contributed by atoms with Crippen molar-refractivity contribution in [3.8, 4) is 57.4 Å². The Morgan fingerprint density at radius 3 is 1.52 bits per heavy atom. The lowest BCUT2D eigenvalue weighted by Gasteiger charge is -2.29. The molecule has 0 bridgehead atoms. The second kappa shape index (κ2) is 24.6. The van der Waals surface area contributed by atoms with Gasteiger partial charge in [-0.3, -0.25) is 19.9 Å². The number of nitriles is 2. The average Bonchev–Trinajstić information content (AvgIpc) is 3.55. The second-order valence-electron chi connectivity index (χ2n) is 18.8. The van der Waals surface area contributed by atoms with E-state index in [1.165, 1.54) is 6.07 Å². The molecule has 81 heavy (non-hydrogen) atoms. The van der Waals surface area contributed by atoms with Crippen LogP contribution in [0.15, 0.2) is 146 Å². The van der Waals surface area contributed by atoms with E-state index in [1.54, 1.807) is 68.0 Å². The highest BCUT2D eigenvalue weighted by Gasteiger charge is 2.23. The molecule has 2 fully saturated rings. The van der Waals surface area contributed by atoms with Crippen LogP contribution in [0.5, 0.6) is 0 Å². The van der Waals surface area contributed by atoms with Gasteiger partial charge in [-0.2, -0.15) is 10.5 Å². The summed E-state index contributed by atoms with van der Waals surface area (Å²) in [5.41, 5.74) is 17.8. The number of nitrogen functional groups attached to an aromatic ring is 1. The number of aromatic nitrogens is 6. The van der Waals surface area contributed by atoms with Crippen molar-refractivity contribution in [1.29, 1.82) is 10.5 Å². The van der Waals surface area contributed by atoms with Gasteiger partial charge in [-0.1, -0.05) is 48.0 Å². The van der Waals surface area contributed by atoms with Crippen molar-refractivity contribution < 1.29 is 27.0 Å². The van der Waals surface area contributed by atoms with Crippen LogP contribution in [0.2, 0.25) is 5.02 Å². The highest BCUT2D eigenvalue weighted by Crippen LogP contribution is 2.40. The number of pyridine rings is 6. The molecule has 12 rings (SSSR count). The molecule has 0 spiro atoms. The smallest absolute Gasteiger partial charge is 0.137 e. The van der Waals surface area contributed by atoms with Crippen LogP contribution >= 0.6 is 11.6 Å². The molecule has 6 aromatic heterocycles. The van der Waals surface area contributed by atoms with Gasteiger partial charge in [0.15, 0.2) is 0 Å². The molecular formula is C62H49ClF4N12O2. The van der Waals surface area contributed by atoms with Crippen LogP contribution in [-0.4, -0.2) is 82.5 Å². The van der Waals surface area contributed by atoms with Gasteiger partial charge in [-0.25, -0.2) is 27.5 Å². The first-order valence-corrected chi connectivity index (χ1v) is 26.0. The molecule has 0 atom stereocenters. The summed E-state index contributed by atoms with van der Waals surface area (Å²) in [6.07, 6.45) is 6.92. The van der Waals surface area contributed by atoms with E-state index < -0.39 is 23.3 Å². The Balaban J connectivity index is 0.000000151. The number of nitrogens with one attached hydrogen (secondary N) is 1. The summed E-state index contributed by atoms with van der Waals surface area (Å²) in [4.78, 5) is 31.2. The summed E-state index contributed by atoms with van der Waals surface area (Å²) in [5.74, 6) is -2.84. The number of nitrogens with two attached hydrogens (primary N) is 1. The Kier molecular flexibility index (Phi) is 16.6. The van der Waals surface area contributed by atoms with Gasteiger partial charge < -0.3 is 30.3 Å². The molecule has 0 amide bonds. The summed E-state index contributed by atoms with van der Waals surface area (Å²) in [6, 6.07) is 37.4. The molecular weight excluding hydrogens is 1060 g/mol. The lowest BCUT2D eigenvalue weighted by Crippen LogP contribution is -2.36. The predicted octanol–water partition coefficient (Wildman–Crippen LogP) is 13.0. The third-order valence-electron chi connectivity index (χ3n) is 13.6. The fourth-order valence-electron chi connectivity index (χ4n) is 9.45. The van der Waals surface area contributed by atoms with E-state index in [-0.39, 0.29) is 26.8 Å². The van der Waals surface area contributed by atoms with Crippen LogP contribution in [0.25, 0.3) is 67.1 Å². The van der Waals surface area contributed by atoms with Crippen molar-refractivity contribution in [2.75, 3.05) is 73.5 Å². The third kappa shape index (κ3) is 12.2. The molecule has 2 aliphatic heterocycles. The quantitative estimate of drug-likeness (QED) is 0.137. The average molecular weight is 1110 g/mol. The van der Waals surface area contributed by atoms with Crippen LogP contribution in [0.4, 0.5) is 46.0 Å². The van der Waals surface area contributed by atoms with Crippen molar-refractivity contribution >= 4 is 61.8 Å². The molecule has 19 heteroatoms. The van der Waals surface area contributed by atoms with Crippen LogP contribution in [0.1, 0.15) is 22.3 Å². The monoisotopic (exact) mass is 1100 g/mol. The van der Waals surface area contributed by atoms with Gasteiger partial charge in [-0.15, -0.1) is 0 Å². The minimum Gasteiger partial charge on any atom is -0.397 e. The van der Waals surface area contributed by atoms with E-state index in [1.807, 2.05) is 67.7 Å². The number of morpholine rings is 2.